The second-order valence-electron chi connectivity index (χ2n) is 12.0. The summed E-state index contributed by atoms with van der Waals surface area (Å²) in [7, 11) is 0. The molecule has 1 aliphatic rings. The third kappa shape index (κ3) is 16.8. The number of nitrogens with one attached hydrogen (secondary N) is 2. The Morgan fingerprint density at radius 3 is 1.62 bits per heavy atom. The summed E-state index contributed by atoms with van der Waals surface area (Å²) in [5.74, 6) is -0.0545. The van der Waals surface area contributed by atoms with Gasteiger partial charge in [0, 0.05) is 12.5 Å². The Balaban J connectivity index is 1.40. The van der Waals surface area contributed by atoms with Crippen molar-refractivity contribution < 1.29 is 9.59 Å². The number of carbonyl (C=O) groups excluding carboxylic acids is 2. The highest BCUT2D eigenvalue weighted by atomic mass is 16.2. The van der Waals surface area contributed by atoms with E-state index in [0.29, 0.717) is 17.7 Å². The summed E-state index contributed by atoms with van der Waals surface area (Å²) < 4.78 is 0. The molecule has 0 aromatic heterocycles. The number of unbranched alkanes of at least 4 members (excludes halogenated alkanes) is 18. The van der Waals surface area contributed by atoms with E-state index >= 15 is 0 Å². The minimum Gasteiger partial charge on any atom is -0.349 e. The monoisotopic (exact) mass is 540 g/mol. The zero-order valence-electron chi connectivity index (χ0n) is 25.4. The molecule has 39 heavy (non-hydrogen) atoms. The van der Waals surface area contributed by atoms with Crippen LogP contribution in [-0.2, 0) is 4.79 Å². The summed E-state index contributed by atoms with van der Waals surface area (Å²) in [4.78, 5) is 25.3. The summed E-state index contributed by atoms with van der Waals surface area (Å²) in [6, 6.07) is 7.66. The molecule has 2 amide bonds. The molecule has 0 unspecified atom stereocenters. The van der Waals surface area contributed by atoms with E-state index in [9.17, 15) is 9.59 Å². The molecule has 2 rings (SSSR count). The molecule has 0 heterocycles. The van der Waals surface area contributed by atoms with Gasteiger partial charge in [0.15, 0.2) is 0 Å². The molecule has 1 aliphatic carbocycles. The predicted octanol–water partition coefficient (Wildman–Crippen LogP) is 10.5. The Hall–Kier alpha value is -1.84. The molecule has 0 spiro atoms. The molecule has 1 aromatic carbocycles. The van der Waals surface area contributed by atoms with Crippen LogP contribution >= 0.6 is 0 Å². The van der Waals surface area contributed by atoms with Crippen molar-refractivity contribution in [2.75, 3.05) is 5.32 Å². The van der Waals surface area contributed by atoms with Crippen molar-refractivity contribution in [1.82, 2.24) is 5.32 Å². The van der Waals surface area contributed by atoms with Gasteiger partial charge in [-0.05, 0) is 31.4 Å². The number of carbonyl (C=O) groups is 2. The van der Waals surface area contributed by atoms with Gasteiger partial charge in [0.1, 0.15) is 0 Å². The highest BCUT2D eigenvalue weighted by Crippen LogP contribution is 2.21. The molecule has 0 atom stereocenters. The number of anilines is 1. The van der Waals surface area contributed by atoms with E-state index in [0.717, 1.165) is 25.7 Å². The second kappa shape index (κ2) is 22.9. The Morgan fingerprint density at radius 2 is 1.10 bits per heavy atom. The van der Waals surface area contributed by atoms with Crippen molar-refractivity contribution >= 4 is 17.5 Å². The minimum absolute atomic E-state index is 0.0138. The van der Waals surface area contributed by atoms with Gasteiger partial charge >= 0.3 is 0 Å². The quantitative estimate of drug-likeness (QED) is 0.136. The fourth-order valence-electron chi connectivity index (χ4n) is 5.88. The van der Waals surface area contributed by atoms with Gasteiger partial charge in [-0.2, -0.15) is 0 Å². The van der Waals surface area contributed by atoms with Crippen molar-refractivity contribution in [3.05, 3.63) is 29.8 Å². The number of para-hydroxylation sites is 1. The molecule has 4 nitrogen and oxygen atoms in total. The standard InChI is InChI=1S/C35H60N2O2/c1-2-3-4-5-6-7-8-9-10-11-12-13-14-15-16-17-18-19-23-30-34(38)37-33-29-25-24-28-32(33)35(39)36-31-26-21-20-22-27-31/h24-25,28-29,31H,2-23,26-27,30H2,1H3,(H,36,39)(H,37,38). The third-order valence-corrected chi connectivity index (χ3v) is 8.39. The van der Waals surface area contributed by atoms with Gasteiger partial charge in [0.25, 0.3) is 5.91 Å². The highest BCUT2D eigenvalue weighted by Gasteiger charge is 2.19. The maximum Gasteiger partial charge on any atom is 0.253 e. The third-order valence-electron chi connectivity index (χ3n) is 8.39. The van der Waals surface area contributed by atoms with Crippen LogP contribution in [-0.4, -0.2) is 17.9 Å². The Morgan fingerprint density at radius 1 is 0.641 bits per heavy atom. The van der Waals surface area contributed by atoms with E-state index in [2.05, 4.69) is 17.6 Å². The van der Waals surface area contributed by atoms with E-state index in [1.54, 1.807) is 0 Å². The normalized spacial score (nSPS) is 13.9. The van der Waals surface area contributed by atoms with Gasteiger partial charge < -0.3 is 10.6 Å². The summed E-state index contributed by atoms with van der Waals surface area (Å²) in [6.07, 6.45) is 31.9. The van der Waals surface area contributed by atoms with E-state index in [1.165, 1.54) is 128 Å². The van der Waals surface area contributed by atoms with Crippen LogP contribution in [0, 0.1) is 0 Å². The highest BCUT2D eigenvalue weighted by molar-refractivity contribution is 6.03. The average molecular weight is 541 g/mol. The first-order chi connectivity index (χ1) is 19.2. The number of benzene rings is 1. The van der Waals surface area contributed by atoms with Crippen LogP contribution in [0.5, 0.6) is 0 Å². The first-order valence-electron chi connectivity index (χ1n) is 16.9. The molecule has 2 N–H and O–H groups in total. The molecule has 0 bridgehead atoms. The van der Waals surface area contributed by atoms with Gasteiger partial charge in [-0.3, -0.25) is 9.59 Å². The molecular formula is C35H60N2O2. The molecule has 1 saturated carbocycles. The second-order valence-corrected chi connectivity index (χ2v) is 12.0. The Bertz CT molecular complexity index is 757. The number of hydrogen-bond acceptors (Lipinski definition) is 2. The van der Waals surface area contributed by atoms with Crippen molar-refractivity contribution in [3.8, 4) is 0 Å². The number of amides is 2. The first kappa shape index (κ1) is 33.4. The minimum atomic E-state index is -0.0682. The van der Waals surface area contributed by atoms with E-state index < -0.39 is 0 Å². The maximum atomic E-state index is 12.8. The van der Waals surface area contributed by atoms with Crippen LogP contribution in [0.15, 0.2) is 24.3 Å². The lowest BCUT2D eigenvalue weighted by molar-refractivity contribution is -0.116. The van der Waals surface area contributed by atoms with Gasteiger partial charge in [-0.25, -0.2) is 0 Å². The number of rotatable bonds is 23. The molecular weight excluding hydrogens is 480 g/mol. The summed E-state index contributed by atoms with van der Waals surface area (Å²) >= 11 is 0. The fraction of sp³-hybridized carbons (Fsp3) is 0.771. The van der Waals surface area contributed by atoms with Gasteiger partial charge in [0.05, 0.1) is 11.3 Å². The lowest BCUT2D eigenvalue weighted by Crippen LogP contribution is -2.36. The van der Waals surface area contributed by atoms with Crippen LogP contribution in [0.3, 0.4) is 0 Å². The predicted molar refractivity (Wildman–Crippen MR) is 167 cm³/mol. The molecule has 1 fully saturated rings. The van der Waals surface area contributed by atoms with Crippen molar-refractivity contribution in [2.45, 2.75) is 173 Å². The summed E-state index contributed by atoms with van der Waals surface area (Å²) in [6.45, 7) is 2.29. The van der Waals surface area contributed by atoms with Gasteiger partial charge in [-0.1, -0.05) is 154 Å². The summed E-state index contributed by atoms with van der Waals surface area (Å²) in [5.41, 5.74) is 1.21. The molecule has 0 saturated heterocycles. The zero-order chi connectivity index (χ0) is 27.8. The van der Waals surface area contributed by atoms with Crippen LogP contribution < -0.4 is 10.6 Å². The maximum absolute atomic E-state index is 12.8. The van der Waals surface area contributed by atoms with Crippen molar-refractivity contribution in [1.29, 1.82) is 0 Å². The zero-order valence-corrected chi connectivity index (χ0v) is 25.4. The molecule has 4 heteroatoms. The van der Waals surface area contributed by atoms with Crippen LogP contribution in [0.25, 0.3) is 0 Å². The van der Waals surface area contributed by atoms with Crippen molar-refractivity contribution in [3.63, 3.8) is 0 Å². The lowest BCUT2D eigenvalue weighted by Gasteiger charge is -2.23. The molecule has 1 aromatic rings. The van der Waals surface area contributed by atoms with E-state index in [1.807, 2.05) is 24.3 Å². The smallest absolute Gasteiger partial charge is 0.253 e. The Kier molecular flexibility index (Phi) is 19.6. The molecule has 0 radical (unpaired) electrons. The average Bonchev–Trinajstić information content (AvgIpc) is 2.95. The lowest BCUT2D eigenvalue weighted by atomic mass is 9.95. The topological polar surface area (TPSA) is 58.2 Å². The Labute approximate surface area is 240 Å². The van der Waals surface area contributed by atoms with Crippen LogP contribution in [0.4, 0.5) is 5.69 Å². The van der Waals surface area contributed by atoms with E-state index in [-0.39, 0.29) is 17.9 Å². The molecule has 222 valence electrons. The van der Waals surface area contributed by atoms with Gasteiger partial charge in [-0.15, -0.1) is 0 Å². The van der Waals surface area contributed by atoms with Gasteiger partial charge in [0.2, 0.25) is 5.91 Å². The summed E-state index contributed by atoms with van der Waals surface area (Å²) in [5, 5.41) is 6.15. The van der Waals surface area contributed by atoms with Crippen molar-refractivity contribution in [2.24, 2.45) is 0 Å². The number of hydrogen-bond donors (Lipinski definition) is 2. The SMILES string of the molecule is CCCCCCCCCCCCCCCCCCCCCC(=O)Nc1ccccc1C(=O)NC1CCCCC1. The van der Waals surface area contributed by atoms with Crippen LogP contribution in [0.2, 0.25) is 0 Å². The fourth-order valence-corrected chi connectivity index (χ4v) is 5.88. The molecule has 0 aliphatic heterocycles. The first-order valence-corrected chi connectivity index (χ1v) is 16.9. The van der Waals surface area contributed by atoms with Crippen LogP contribution in [0.1, 0.15) is 178 Å². The van der Waals surface area contributed by atoms with E-state index in [4.69, 9.17) is 0 Å². The largest absolute Gasteiger partial charge is 0.349 e.